The molecule has 2 rings (SSSR count). The summed E-state index contributed by atoms with van der Waals surface area (Å²) < 4.78 is 5.31. The maximum absolute atomic E-state index is 6.03. The van der Waals surface area contributed by atoms with E-state index >= 15 is 0 Å². The van der Waals surface area contributed by atoms with Crippen LogP contribution in [0.2, 0.25) is 5.15 Å². The number of aromatic nitrogens is 2. The molecule has 5 nitrogen and oxygen atoms in total. The lowest BCUT2D eigenvalue weighted by Gasteiger charge is -2.39. The van der Waals surface area contributed by atoms with Gasteiger partial charge in [-0.05, 0) is 13.5 Å². The van der Waals surface area contributed by atoms with Crippen LogP contribution in [0.15, 0.2) is 6.33 Å². The second-order valence-electron chi connectivity index (χ2n) is 4.51. The van der Waals surface area contributed by atoms with Crippen LogP contribution in [0, 0.1) is 0 Å². The predicted molar refractivity (Wildman–Crippen MR) is 72.5 cm³/mol. The Kier molecular flexibility index (Phi) is 4.24. The molecule has 6 heteroatoms. The Balaban J connectivity index is 2.24. The smallest absolute Gasteiger partial charge is 0.199 e. The molecular weight excluding hydrogens is 252 g/mol. The van der Waals surface area contributed by atoms with E-state index in [1.54, 1.807) is 7.11 Å². The van der Waals surface area contributed by atoms with Gasteiger partial charge in [-0.1, -0.05) is 18.5 Å². The molecule has 0 aliphatic carbocycles. The van der Waals surface area contributed by atoms with Crippen molar-refractivity contribution in [1.82, 2.24) is 14.9 Å². The second kappa shape index (κ2) is 5.71. The van der Waals surface area contributed by atoms with Gasteiger partial charge in [0.2, 0.25) is 0 Å². The van der Waals surface area contributed by atoms with E-state index in [2.05, 4.69) is 33.7 Å². The standard InChI is InChI=1S/C12H19ClN4O/c1-4-9-7-17(6-5-16(9)2)12-10(18-3)11(13)14-8-15-12/h8-9H,4-7H2,1-3H3. The molecule has 1 saturated heterocycles. The zero-order valence-corrected chi connectivity index (χ0v) is 11.8. The van der Waals surface area contributed by atoms with E-state index in [-0.39, 0.29) is 0 Å². The highest BCUT2D eigenvalue weighted by molar-refractivity contribution is 6.31. The molecule has 1 aromatic rings. The fourth-order valence-electron chi connectivity index (χ4n) is 2.32. The van der Waals surface area contributed by atoms with Crippen LogP contribution in [0.4, 0.5) is 5.82 Å². The van der Waals surface area contributed by atoms with Crippen molar-refractivity contribution in [3.05, 3.63) is 11.5 Å². The number of likely N-dealkylation sites (N-methyl/N-ethyl adjacent to an activating group) is 1. The van der Waals surface area contributed by atoms with Gasteiger partial charge in [0, 0.05) is 25.7 Å². The van der Waals surface area contributed by atoms with Crippen LogP contribution >= 0.6 is 11.6 Å². The average Bonchev–Trinajstić information content (AvgIpc) is 2.39. The summed E-state index contributed by atoms with van der Waals surface area (Å²) in [4.78, 5) is 12.9. The third-order valence-corrected chi connectivity index (χ3v) is 3.76. The molecule has 0 spiro atoms. The molecule has 1 aliphatic heterocycles. The summed E-state index contributed by atoms with van der Waals surface area (Å²) in [6.07, 6.45) is 2.60. The molecule has 1 aliphatic rings. The maximum atomic E-state index is 6.03. The zero-order valence-electron chi connectivity index (χ0n) is 11.1. The number of hydrogen-bond donors (Lipinski definition) is 0. The fourth-order valence-corrected chi connectivity index (χ4v) is 2.53. The zero-order chi connectivity index (χ0) is 13.1. The summed E-state index contributed by atoms with van der Waals surface area (Å²) in [7, 11) is 3.76. The van der Waals surface area contributed by atoms with Crippen molar-refractivity contribution >= 4 is 17.4 Å². The van der Waals surface area contributed by atoms with E-state index in [4.69, 9.17) is 16.3 Å². The van der Waals surface area contributed by atoms with Crippen molar-refractivity contribution in [1.29, 1.82) is 0 Å². The fraction of sp³-hybridized carbons (Fsp3) is 0.667. The highest BCUT2D eigenvalue weighted by atomic mass is 35.5. The molecule has 100 valence electrons. The number of piperazine rings is 1. The monoisotopic (exact) mass is 270 g/mol. The number of anilines is 1. The number of hydrogen-bond acceptors (Lipinski definition) is 5. The Morgan fingerprint density at radius 3 is 2.89 bits per heavy atom. The lowest BCUT2D eigenvalue weighted by atomic mass is 10.1. The molecule has 1 atom stereocenters. The van der Waals surface area contributed by atoms with Crippen LogP contribution in [0.3, 0.4) is 0 Å². The molecule has 0 N–H and O–H groups in total. The molecule has 0 aromatic carbocycles. The quantitative estimate of drug-likeness (QED) is 0.782. The molecule has 18 heavy (non-hydrogen) atoms. The van der Waals surface area contributed by atoms with Crippen LogP contribution in [-0.4, -0.2) is 54.7 Å². The molecule has 1 fully saturated rings. The molecule has 2 heterocycles. The Morgan fingerprint density at radius 2 is 2.22 bits per heavy atom. The average molecular weight is 271 g/mol. The maximum Gasteiger partial charge on any atom is 0.199 e. The van der Waals surface area contributed by atoms with Gasteiger partial charge >= 0.3 is 0 Å². The van der Waals surface area contributed by atoms with Crippen LogP contribution in [0.5, 0.6) is 5.75 Å². The second-order valence-corrected chi connectivity index (χ2v) is 4.87. The summed E-state index contributed by atoms with van der Waals surface area (Å²) in [5, 5.41) is 0.370. The normalized spacial score (nSPS) is 21.1. The number of halogens is 1. The molecule has 1 aromatic heterocycles. The van der Waals surface area contributed by atoms with Gasteiger partial charge in [-0.3, -0.25) is 4.90 Å². The summed E-state index contributed by atoms with van der Waals surface area (Å²) in [6, 6.07) is 0.539. The first-order valence-corrected chi connectivity index (χ1v) is 6.54. The van der Waals surface area contributed by atoms with Crippen molar-refractivity contribution in [3.63, 3.8) is 0 Å². The summed E-state index contributed by atoms with van der Waals surface area (Å²) in [5.74, 6) is 1.36. The highest BCUT2D eigenvalue weighted by Gasteiger charge is 2.26. The van der Waals surface area contributed by atoms with Crippen molar-refractivity contribution in [3.8, 4) is 5.75 Å². The van der Waals surface area contributed by atoms with Gasteiger partial charge in [0.25, 0.3) is 0 Å². The summed E-state index contributed by atoms with van der Waals surface area (Å²) in [6.45, 7) is 5.09. The van der Waals surface area contributed by atoms with Gasteiger partial charge in [-0.25, -0.2) is 9.97 Å². The first kappa shape index (κ1) is 13.4. The molecule has 1 unspecified atom stereocenters. The first-order chi connectivity index (χ1) is 8.67. The van der Waals surface area contributed by atoms with E-state index in [0.29, 0.717) is 16.9 Å². The number of methoxy groups -OCH3 is 1. The van der Waals surface area contributed by atoms with Crippen LogP contribution in [0.1, 0.15) is 13.3 Å². The number of ether oxygens (including phenoxy) is 1. The molecule has 0 saturated carbocycles. The van der Waals surface area contributed by atoms with Gasteiger partial charge in [0.15, 0.2) is 16.7 Å². The molecule has 0 bridgehead atoms. The van der Waals surface area contributed by atoms with E-state index in [0.717, 1.165) is 31.9 Å². The predicted octanol–water partition coefficient (Wildman–Crippen LogP) is 1.67. The Bertz CT molecular complexity index is 415. The van der Waals surface area contributed by atoms with E-state index in [1.807, 2.05) is 0 Å². The van der Waals surface area contributed by atoms with E-state index in [9.17, 15) is 0 Å². The topological polar surface area (TPSA) is 41.5 Å². The molecule has 0 radical (unpaired) electrons. The summed E-state index contributed by atoms with van der Waals surface area (Å²) >= 11 is 6.03. The van der Waals surface area contributed by atoms with E-state index in [1.165, 1.54) is 6.33 Å². The third kappa shape index (κ3) is 2.52. The minimum absolute atomic E-state index is 0.370. The van der Waals surface area contributed by atoms with Gasteiger partial charge in [0.05, 0.1) is 7.11 Å². The lowest BCUT2D eigenvalue weighted by Crippen LogP contribution is -2.51. The Labute approximate surface area is 113 Å². The van der Waals surface area contributed by atoms with Crippen molar-refractivity contribution in [2.24, 2.45) is 0 Å². The largest absolute Gasteiger partial charge is 0.490 e. The summed E-state index contributed by atoms with van der Waals surface area (Å²) in [5.41, 5.74) is 0. The van der Waals surface area contributed by atoms with Gasteiger partial charge in [-0.2, -0.15) is 0 Å². The highest BCUT2D eigenvalue weighted by Crippen LogP contribution is 2.32. The van der Waals surface area contributed by atoms with Crippen molar-refractivity contribution in [2.75, 3.05) is 38.7 Å². The van der Waals surface area contributed by atoms with Crippen molar-refractivity contribution in [2.45, 2.75) is 19.4 Å². The van der Waals surface area contributed by atoms with Crippen LogP contribution < -0.4 is 9.64 Å². The van der Waals surface area contributed by atoms with Crippen LogP contribution in [0.25, 0.3) is 0 Å². The minimum Gasteiger partial charge on any atom is -0.490 e. The SMILES string of the molecule is CCC1CN(c2ncnc(Cl)c2OC)CCN1C. The van der Waals surface area contributed by atoms with Crippen LogP contribution in [-0.2, 0) is 0 Å². The third-order valence-electron chi connectivity index (χ3n) is 3.49. The van der Waals surface area contributed by atoms with Crippen molar-refractivity contribution < 1.29 is 4.74 Å². The number of nitrogens with zero attached hydrogens (tertiary/aromatic N) is 4. The van der Waals surface area contributed by atoms with Gasteiger partial charge in [0.1, 0.15) is 6.33 Å². The first-order valence-electron chi connectivity index (χ1n) is 6.17. The van der Waals surface area contributed by atoms with E-state index < -0.39 is 0 Å². The van der Waals surface area contributed by atoms with Gasteiger partial charge < -0.3 is 9.64 Å². The van der Waals surface area contributed by atoms with Gasteiger partial charge in [-0.15, -0.1) is 0 Å². The molecular formula is C12H19ClN4O. The minimum atomic E-state index is 0.370. The molecule has 0 amide bonds. The Morgan fingerprint density at radius 1 is 1.44 bits per heavy atom. The Hall–Kier alpha value is -1.07. The lowest BCUT2D eigenvalue weighted by molar-refractivity contribution is 0.212. The number of rotatable bonds is 3.